The van der Waals surface area contributed by atoms with Crippen LogP contribution in [0.15, 0.2) is 41.2 Å². The summed E-state index contributed by atoms with van der Waals surface area (Å²) in [6.07, 6.45) is 7.65. The Balaban J connectivity index is 1.22. The molecule has 0 atom stereocenters. The molecule has 3 heterocycles. The van der Waals surface area contributed by atoms with Crippen molar-refractivity contribution in [3.05, 3.63) is 46.6 Å². The topological polar surface area (TPSA) is 97.5 Å². The van der Waals surface area contributed by atoms with Gasteiger partial charge in [0.15, 0.2) is 5.43 Å². The maximum absolute atomic E-state index is 13.1. The van der Waals surface area contributed by atoms with Gasteiger partial charge >= 0.3 is 0 Å². The number of hydrogen-bond donors (Lipinski definition) is 3. The smallest absolute Gasteiger partial charge is 0.224 e. The Morgan fingerprint density at radius 1 is 0.703 bits per heavy atom. The number of aromatic nitrogens is 1. The average Bonchev–Trinajstić information content (AvgIpc) is 3.59. The van der Waals surface area contributed by atoms with E-state index in [4.69, 9.17) is 0 Å². The first-order valence-electron chi connectivity index (χ1n) is 13.7. The van der Waals surface area contributed by atoms with E-state index in [9.17, 15) is 14.4 Å². The summed E-state index contributed by atoms with van der Waals surface area (Å²) >= 11 is 0. The van der Waals surface area contributed by atoms with E-state index in [1.54, 1.807) is 36.4 Å². The van der Waals surface area contributed by atoms with E-state index in [0.717, 1.165) is 52.1 Å². The van der Waals surface area contributed by atoms with Gasteiger partial charge in [-0.15, -0.1) is 0 Å². The van der Waals surface area contributed by atoms with Crippen molar-refractivity contribution < 1.29 is 9.59 Å². The summed E-state index contributed by atoms with van der Waals surface area (Å²) in [6, 6.07) is 10.7. The molecular weight excluding hydrogens is 466 g/mol. The molecule has 8 nitrogen and oxygen atoms in total. The van der Waals surface area contributed by atoms with Gasteiger partial charge in [-0.3, -0.25) is 14.4 Å². The molecule has 2 saturated heterocycles. The van der Waals surface area contributed by atoms with E-state index >= 15 is 0 Å². The number of H-pyrrole nitrogens is 1. The van der Waals surface area contributed by atoms with E-state index in [-0.39, 0.29) is 17.2 Å². The molecule has 0 aliphatic carbocycles. The zero-order valence-electron chi connectivity index (χ0n) is 21.5. The van der Waals surface area contributed by atoms with Gasteiger partial charge in [-0.05, 0) is 114 Å². The summed E-state index contributed by atoms with van der Waals surface area (Å²) < 4.78 is 0. The molecule has 2 aromatic carbocycles. The number of carbonyl (C=O) groups excluding carboxylic acids is 2. The molecule has 37 heavy (non-hydrogen) atoms. The molecule has 3 N–H and O–H groups in total. The van der Waals surface area contributed by atoms with Gasteiger partial charge in [0.25, 0.3) is 0 Å². The minimum absolute atomic E-state index is 0.0172. The highest BCUT2D eigenvalue weighted by Gasteiger charge is 2.14. The molecular formula is C29H37N5O3. The van der Waals surface area contributed by atoms with Gasteiger partial charge in [0.05, 0.1) is 11.0 Å². The molecule has 0 radical (unpaired) electrons. The van der Waals surface area contributed by atoms with E-state index in [0.29, 0.717) is 46.0 Å². The number of hydrogen-bond acceptors (Lipinski definition) is 5. The largest absolute Gasteiger partial charge is 0.354 e. The molecule has 2 fully saturated rings. The van der Waals surface area contributed by atoms with Crippen LogP contribution in [0.2, 0.25) is 0 Å². The number of nitrogens with zero attached hydrogens (tertiary/aromatic N) is 2. The molecule has 2 aliphatic heterocycles. The van der Waals surface area contributed by atoms with Crippen LogP contribution in [0, 0.1) is 0 Å². The highest BCUT2D eigenvalue weighted by molar-refractivity contribution is 5.99. The van der Waals surface area contributed by atoms with Gasteiger partial charge in [-0.25, -0.2) is 0 Å². The summed E-state index contributed by atoms with van der Waals surface area (Å²) in [5, 5.41) is 7.06. The standard InChI is InChI=1S/C29H37N5O3/c35-27(7-5-17-33-13-1-2-14-33)30-21-9-11-23-25(19-21)32-26-20-22(10-12-24(26)29(23)37)31-28(36)8-6-18-34-15-3-4-16-34/h9-12,19-20H,1-8,13-18H2,(H,30,35)(H,31,36)(H,32,37). The average molecular weight is 504 g/mol. The highest BCUT2D eigenvalue weighted by atomic mass is 16.2. The minimum Gasteiger partial charge on any atom is -0.354 e. The van der Waals surface area contributed by atoms with Gasteiger partial charge in [-0.2, -0.15) is 0 Å². The third kappa shape index (κ3) is 6.56. The van der Waals surface area contributed by atoms with E-state index < -0.39 is 0 Å². The van der Waals surface area contributed by atoms with Gasteiger partial charge in [0, 0.05) is 35.0 Å². The summed E-state index contributed by atoms with van der Waals surface area (Å²) in [5.74, 6) is -0.0344. The molecule has 196 valence electrons. The molecule has 8 heteroatoms. The quantitative estimate of drug-likeness (QED) is 0.358. The van der Waals surface area contributed by atoms with Crippen LogP contribution in [-0.2, 0) is 9.59 Å². The number of benzene rings is 2. The van der Waals surface area contributed by atoms with Crippen LogP contribution in [-0.4, -0.2) is 65.9 Å². The van der Waals surface area contributed by atoms with Crippen LogP contribution in [0.4, 0.5) is 11.4 Å². The first-order valence-corrected chi connectivity index (χ1v) is 13.7. The van der Waals surface area contributed by atoms with Crippen molar-refractivity contribution in [2.45, 2.75) is 51.4 Å². The second-order valence-electron chi connectivity index (χ2n) is 10.4. The first-order chi connectivity index (χ1) is 18.0. The number of likely N-dealkylation sites (tertiary alicyclic amines) is 2. The molecule has 0 spiro atoms. The van der Waals surface area contributed by atoms with Crippen molar-refractivity contribution in [3.8, 4) is 0 Å². The summed E-state index contributed by atoms with van der Waals surface area (Å²) in [5.41, 5.74) is 2.56. The van der Waals surface area contributed by atoms with Crippen molar-refractivity contribution in [2.75, 3.05) is 49.9 Å². The molecule has 2 amide bonds. The number of rotatable bonds is 10. The van der Waals surface area contributed by atoms with Crippen molar-refractivity contribution in [1.29, 1.82) is 0 Å². The second kappa shape index (κ2) is 11.9. The fourth-order valence-corrected chi connectivity index (χ4v) is 5.52. The summed E-state index contributed by atoms with van der Waals surface area (Å²) in [6.45, 7) is 6.47. The lowest BCUT2D eigenvalue weighted by atomic mass is 10.1. The molecule has 3 aromatic rings. The predicted octanol–water partition coefficient (Wildman–Crippen LogP) is 4.31. The van der Waals surface area contributed by atoms with Crippen LogP contribution in [0.3, 0.4) is 0 Å². The van der Waals surface area contributed by atoms with E-state index in [2.05, 4.69) is 25.4 Å². The second-order valence-corrected chi connectivity index (χ2v) is 10.4. The molecule has 0 unspecified atom stereocenters. The molecule has 5 rings (SSSR count). The van der Waals surface area contributed by atoms with Gasteiger partial charge in [-0.1, -0.05) is 0 Å². The van der Waals surface area contributed by atoms with Gasteiger partial charge < -0.3 is 25.4 Å². The highest BCUT2D eigenvalue weighted by Crippen LogP contribution is 2.22. The van der Waals surface area contributed by atoms with Crippen LogP contribution in [0.5, 0.6) is 0 Å². The lowest BCUT2D eigenvalue weighted by Crippen LogP contribution is -2.22. The van der Waals surface area contributed by atoms with Crippen LogP contribution >= 0.6 is 0 Å². The Kier molecular flexibility index (Phi) is 8.16. The zero-order chi connectivity index (χ0) is 25.6. The molecule has 1 aromatic heterocycles. The van der Waals surface area contributed by atoms with E-state index in [1.807, 2.05) is 0 Å². The third-order valence-electron chi connectivity index (χ3n) is 7.52. The van der Waals surface area contributed by atoms with Crippen molar-refractivity contribution in [1.82, 2.24) is 14.8 Å². The van der Waals surface area contributed by atoms with Crippen LogP contribution in [0.25, 0.3) is 21.8 Å². The van der Waals surface area contributed by atoms with Gasteiger partial charge in [0.2, 0.25) is 11.8 Å². The molecule has 0 saturated carbocycles. The Morgan fingerprint density at radius 3 is 1.57 bits per heavy atom. The SMILES string of the molecule is O=C(CCCN1CCCC1)Nc1ccc2c(=O)c3ccc(NC(=O)CCCN4CCCC4)cc3[nH]c2c1. The number of carbonyl (C=O) groups is 2. The molecule has 0 bridgehead atoms. The Morgan fingerprint density at radius 2 is 1.14 bits per heavy atom. The minimum atomic E-state index is -0.0734. The van der Waals surface area contributed by atoms with Crippen LogP contribution < -0.4 is 16.1 Å². The number of fused-ring (bicyclic) bond motifs is 2. The Bertz CT molecular complexity index is 1230. The number of pyridine rings is 1. The number of anilines is 2. The lowest BCUT2D eigenvalue weighted by molar-refractivity contribution is -0.117. The van der Waals surface area contributed by atoms with Gasteiger partial charge in [0.1, 0.15) is 0 Å². The lowest BCUT2D eigenvalue weighted by Gasteiger charge is -2.14. The van der Waals surface area contributed by atoms with Crippen LogP contribution in [0.1, 0.15) is 51.4 Å². The number of aromatic amines is 1. The maximum atomic E-state index is 13.1. The van der Waals surface area contributed by atoms with Crippen molar-refractivity contribution >= 4 is 45.0 Å². The van der Waals surface area contributed by atoms with Crippen molar-refractivity contribution in [2.24, 2.45) is 0 Å². The van der Waals surface area contributed by atoms with E-state index in [1.165, 1.54) is 25.7 Å². The zero-order valence-corrected chi connectivity index (χ0v) is 21.5. The fourth-order valence-electron chi connectivity index (χ4n) is 5.52. The monoisotopic (exact) mass is 503 g/mol. The maximum Gasteiger partial charge on any atom is 0.224 e. The predicted molar refractivity (Wildman–Crippen MR) is 149 cm³/mol. The summed E-state index contributed by atoms with van der Waals surface area (Å²) in [4.78, 5) is 46.1. The normalized spacial score (nSPS) is 16.5. The number of amides is 2. The van der Waals surface area contributed by atoms with Crippen molar-refractivity contribution in [3.63, 3.8) is 0 Å². The third-order valence-corrected chi connectivity index (χ3v) is 7.52. The number of nitrogens with one attached hydrogen (secondary N) is 3. The fraction of sp³-hybridized carbons (Fsp3) is 0.483. The Hall–Kier alpha value is -3.23. The molecule has 2 aliphatic rings. The Labute approximate surface area is 217 Å². The summed E-state index contributed by atoms with van der Waals surface area (Å²) in [7, 11) is 0. The first kappa shape index (κ1) is 25.4.